The Bertz CT molecular complexity index is 512. The van der Waals surface area contributed by atoms with Gasteiger partial charge >= 0.3 is 6.09 Å². The molecule has 19 heavy (non-hydrogen) atoms. The molecule has 1 N–H and O–H groups in total. The Labute approximate surface area is 117 Å². The number of anilines is 1. The lowest BCUT2D eigenvalue weighted by Crippen LogP contribution is -2.34. The Morgan fingerprint density at radius 2 is 2.32 bits per heavy atom. The molecule has 1 aromatic heterocycles. The molecular weight excluding hydrogens is 264 g/mol. The van der Waals surface area contributed by atoms with Gasteiger partial charge in [0.2, 0.25) is 0 Å². The quantitative estimate of drug-likeness (QED) is 0.672. The van der Waals surface area contributed by atoms with Gasteiger partial charge in [-0.15, -0.1) is 11.6 Å². The summed E-state index contributed by atoms with van der Waals surface area (Å²) < 4.78 is 5.23. The van der Waals surface area contributed by atoms with E-state index in [0.717, 1.165) is 29.8 Å². The molecule has 0 aromatic carbocycles. The Kier molecular flexibility index (Phi) is 4.10. The van der Waals surface area contributed by atoms with Crippen LogP contribution in [0.2, 0.25) is 0 Å². The van der Waals surface area contributed by atoms with E-state index in [-0.39, 0.29) is 0 Å². The van der Waals surface area contributed by atoms with Crippen molar-refractivity contribution in [1.29, 1.82) is 0 Å². The van der Waals surface area contributed by atoms with Crippen LogP contribution in [0, 0.1) is 0 Å². The van der Waals surface area contributed by atoms with Crippen molar-refractivity contribution in [3.8, 4) is 0 Å². The van der Waals surface area contributed by atoms with Crippen LogP contribution < -0.4 is 5.32 Å². The SMILES string of the molecule is CC1(C)OC(=O)Nc2cc(C=CCCCCl)ncc21. The van der Waals surface area contributed by atoms with Crippen molar-refractivity contribution < 1.29 is 9.53 Å². The molecule has 1 aliphatic heterocycles. The van der Waals surface area contributed by atoms with Crippen molar-refractivity contribution in [2.75, 3.05) is 11.2 Å². The van der Waals surface area contributed by atoms with Crippen LogP contribution >= 0.6 is 11.6 Å². The summed E-state index contributed by atoms with van der Waals surface area (Å²) in [5.74, 6) is 0.656. The van der Waals surface area contributed by atoms with Crippen LogP contribution in [0.5, 0.6) is 0 Å². The van der Waals surface area contributed by atoms with Crippen molar-refractivity contribution in [2.45, 2.75) is 32.3 Å². The second-order valence-corrected chi connectivity index (χ2v) is 5.29. The summed E-state index contributed by atoms with van der Waals surface area (Å²) in [6.45, 7) is 3.70. The number of pyridine rings is 1. The molecule has 0 radical (unpaired) electrons. The van der Waals surface area contributed by atoms with Gasteiger partial charge in [-0.3, -0.25) is 10.3 Å². The molecule has 0 saturated heterocycles. The van der Waals surface area contributed by atoms with E-state index in [9.17, 15) is 4.79 Å². The zero-order chi connectivity index (χ0) is 13.9. The van der Waals surface area contributed by atoms with Crippen LogP contribution in [0.15, 0.2) is 18.3 Å². The van der Waals surface area contributed by atoms with E-state index in [2.05, 4.69) is 10.3 Å². The number of alkyl halides is 1. The number of cyclic esters (lactones) is 1. The number of ether oxygens (including phenoxy) is 1. The number of carbonyl (C=O) groups is 1. The van der Waals surface area contributed by atoms with E-state index < -0.39 is 11.7 Å². The third kappa shape index (κ3) is 3.26. The van der Waals surface area contributed by atoms with Gasteiger partial charge in [0.1, 0.15) is 5.60 Å². The summed E-state index contributed by atoms with van der Waals surface area (Å²) in [5.41, 5.74) is 1.80. The first-order valence-electron chi connectivity index (χ1n) is 6.26. The van der Waals surface area contributed by atoms with Gasteiger partial charge in [0.05, 0.1) is 11.4 Å². The molecule has 1 amide bonds. The number of amides is 1. The average Bonchev–Trinajstić information content (AvgIpc) is 2.33. The molecule has 0 unspecified atom stereocenters. The largest absolute Gasteiger partial charge is 0.438 e. The number of carbonyl (C=O) groups excluding carboxylic acids is 1. The van der Waals surface area contributed by atoms with E-state index in [1.807, 2.05) is 32.1 Å². The maximum absolute atomic E-state index is 11.5. The van der Waals surface area contributed by atoms with Crippen molar-refractivity contribution in [3.05, 3.63) is 29.6 Å². The van der Waals surface area contributed by atoms with Gasteiger partial charge in [-0.1, -0.05) is 6.08 Å². The monoisotopic (exact) mass is 280 g/mol. The maximum Gasteiger partial charge on any atom is 0.412 e. The number of fused-ring (bicyclic) bond motifs is 1. The summed E-state index contributed by atoms with van der Waals surface area (Å²) >= 11 is 5.61. The average molecular weight is 281 g/mol. The van der Waals surface area contributed by atoms with Gasteiger partial charge < -0.3 is 4.74 Å². The zero-order valence-corrected chi connectivity index (χ0v) is 11.8. The van der Waals surface area contributed by atoms with E-state index in [0.29, 0.717) is 5.88 Å². The summed E-state index contributed by atoms with van der Waals surface area (Å²) in [4.78, 5) is 15.8. The molecule has 0 aliphatic carbocycles. The Morgan fingerprint density at radius 1 is 1.53 bits per heavy atom. The highest BCUT2D eigenvalue weighted by Gasteiger charge is 2.33. The van der Waals surface area contributed by atoms with Crippen LogP contribution in [0.4, 0.5) is 10.5 Å². The first kappa shape index (κ1) is 13.9. The fourth-order valence-corrected chi connectivity index (χ4v) is 2.12. The van der Waals surface area contributed by atoms with Gasteiger partial charge in [-0.2, -0.15) is 0 Å². The summed E-state index contributed by atoms with van der Waals surface area (Å²) in [6.07, 6.45) is 7.14. The molecule has 2 rings (SSSR count). The van der Waals surface area contributed by atoms with Crippen LogP contribution in [-0.2, 0) is 10.3 Å². The lowest BCUT2D eigenvalue weighted by atomic mass is 9.96. The molecule has 0 bridgehead atoms. The zero-order valence-electron chi connectivity index (χ0n) is 11.1. The first-order chi connectivity index (χ1) is 9.03. The predicted octanol–water partition coefficient (Wildman–Crippen LogP) is 3.91. The maximum atomic E-state index is 11.5. The highest BCUT2D eigenvalue weighted by molar-refractivity contribution is 6.17. The lowest BCUT2D eigenvalue weighted by Gasteiger charge is -2.32. The highest BCUT2D eigenvalue weighted by atomic mass is 35.5. The normalized spacial score (nSPS) is 16.9. The van der Waals surface area contributed by atoms with E-state index in [4.69, 9.17) is 16.3 Å². The number of halogens is 1. The topological polar surface area (TPSA) is 51.2 Å². The third-order valence-electron chi connectivity index (χ3n) is 2.95. The molecule has 4 nitrogen and oxygen atoms in total. The van der Waals surface area contributed by atoms with Crippen LogP contribution in [-0.4, -0.2) is 17.0 Å². The van der Waals surface area contributed by atoms with Gasteiger partial charge in [0, 0.05) is 17.6 Å². The Morgan fingerprint density at radius 3 is 3.05 bits per heavy atom. The van der Waals surface area contributed by atoms with E-state index in [1.54, 1.807) is 6.20 Å². The van der Waals surface area contributed by atoms with Crippen molar-refractivity contribution in [2.24, 2.45) is 0 Å². The molecule has 2 heterocycles. The predicted molar refractivity (Wildman–Crippen MR) is 76.4 cm³/mol. The fourth-order valence-electron chi connectivity index (χ4n) is 1.97. The lowest BCUT2D eigenvalue weighted by molar-refractivity contribution is 0.0418. The second kappa shape index (κ2) is 5.61. The Hall–Kier alpha value is -1.55. The molecule has 102 valence electrons. The van der Waals surface area contributed by atoms with Gasteiger partial charge in [0.15, 0.2) is 0 Å². The number of nitrogens with one attached hydrogen (secondary N) is 1. The summed E-state index contributed by atoms with van der Waals surface area (Å²) in [6, 6.07) is 1.86. The third-order valence-corrected chi connectivity index (χ3v) is 3.22. The van der Waals surface area contributed by atoms with Gasteiger partial charge in [-0.05, 0) is 38.8 Å². The number of hydrogen-bond donors (Lipinski definition) is 1. The molecule has 5 heteroatoms. The molecule has 1 aliphatic rings. The van der Waals surface area contributed by atoms with E-state index >= 15 is 0 Å². The molecular formula is C14H17ClN2O2. The van der Waals surface area contributed by atoms with Gasteiger partial charge in [0.25, 0.3) is 0 Å². The van der Waals surface area contributed by atoms with Crippen LogP contribution in [0.1, 0.15) is 37.9 Å². The van der Waals surface area contributed by atoms with Crippen molar-refractivity contribution in [3.63, 3.8) is 0 Å². The molecule has 0 spiro atoms. The fraction of sp³-hybridized carbons (Fsp3) is 0.429. The number of nitrogens with zero attached hydrogens (tertiary/aromatic N) is 1. The van der Waals surface area contributed by atoms with Crippen molar-refractivity contribution >= 4 is 29.5 Å². The molecule has 0 atom stereocenters. The molecule has 0 fully saturated rings. The second-order valence-electron chi connectivity index (χ2n) is 4.91. The minimum absolute atomic E-state index is 0.430. The number of rotatable bonds is 4. The summed E-state index contributed by atoms with van der Waals surface area (Å²) in [7, 11) is 0. The smallest absolute Gasteiger partial charge is 0.412 e. The van der Waals surface area contributed by atoms with Crippen LogP contribution in [0.25, 0.3) is 6.08 Å². The van der Waals surface area contributed by atoms with Crippen LogP contribution in [0.3, 0.4) is 0 Å². The standard InChI is InChI=1S/C14H17ClN2O2/c1-14(2)11-9-16-10(6-4-3-5-7-15)8-12(11)17-13(18)19-14/h4,6,8-9H,3,5,7H2,1-2H3,(H,17,18). The number of allylic oxidation sites excluding steroid dienone is 1. The summed E-state index contributed by atoms with van der Waals surface area (Å²) in [5, 5.41) is 2.70. The minimum Gasteiger partial charge on any atom is -0.438 e. The molecule has 1 aromatic rings. The first-order valence-corrected chi connectivity index (χ1v) is 6.79. The number of hydrogen-bond acceptors (Lipinski definition) is 3. The van der Waals surface area contributed by atoms with Crippen molar-refractivity contribution in [1.82, 2.24) is 4.98 Å². The molecule has 0 saturated carbocycles. The minimum atomic E-state index is -0.647. The Balaban J connectivity index is 2.21. The number of unbranched alkanes of at least 4 members (excludes halogenated alkanes) is 1. The number of aromatic nitrogens is 1. The van der Waals surface area contributed by atoms with E-state index in [1.165, 1.54) is 0 Å². The highest BCUT2D eigenvalue weighted by Crippen LogP contribution is 2.35. The van der Waals surface area contributed by atoms with Gasteiger partial charge in [-0.25, -0.2) is 4.79 Å².